The van der Waals surface area contributed by atoms with E-state index in [1.54, 1.807) is 7.05 Å². The van der Waals surface area contributed by atoms with Gasteiger partial charge in [-0.05, 0) is 24.2 Å². The second kappa shape index (κ2) is 3.80. The van der Waals surface area contributed by atoms with Crippen LogP contribution in [0, 0.1) is 16.7 Å². The zero-order valence-corrected chi connectivity index (χ0v) is 11.1. The van der Waals surface area contributed by atoms with Crippen LogP contribution in [0.5, 0.6) is 0 Å². The van der Waals surface area contributed by atoms with Gasteiger partial charge in [0.25, 0.3) is 0 Å². The number of fused-ring (bicyclic) bond motifs is 2. The third-order valence-corrected chi connectivity index (χ3v) is 5.29. The summed E-state index contributed by atoms with van der Waals surface area (Å²) in [5.41, 5.74) is -0.164. The summed E-state index contributed by atoms with van der Waals surface area (Å²) in [7, 11) is 1.61. The number of nitrogens with one attached hydrogen (secondary N) is 2. The van der Waals surface area contributed by atoms with Crippen LogP contribution in [-0.2, 0) is 9.59 Å². The minimum atomic E-state index is -0.210. The Bertz CT molecular complexity index is 364. The summed E-state index contributed by atoms with van der Waals surface area (Å²) in [6.07, 6.45) is 2.07. The van der Waals surface area contributed by atoms with Crippen molar-refractivity contribution < 1.29 is 9.59 Å². The molecule has 2 fully saturated rings. The predicted octanol–water partition coefficient (Wildman–Crippen LogP) is 0.716. The molecule has 3 atom stereocenters. The lowest BCUT2D eigenvalue weighted by molar-refractivity contribution is -0.130. The van der Waals surface area contributed by atoms with Crippen molar-refractivity contribution in [2.75, 3.05) is 13.6 Å². The normalized spacial score (nSPS) is 38.5. The highest BCUT2D eigenvalue weighted by Crippen LogP contribution is 2.63. The highest BCUT2D eigenvalue weighted by Gasteiger charge is 2.65. The largest absolute Gasteiger partial charge is 0.358 e. The first kappa shape index (κ1) is 12.6. The number of likely N-dealkylation sites (N-methyl/N-ethyl adjacent to an activating group) is 1. The molecule has 2 bridgehead atoms. The molecule has 1 amide bonds. The molecule has 2 rings (SSSR count). The van der Waals surface area contributed by atoms with E-state index in [4.69, 9.17) is 0 Å². The van der Waals surface area contributed by atoms with Crippen molar-refractivity contribution in [1.82, 2.24) is 10.6 Å². The lowest BCUT2D eigenvalue weighted by Crippen LogP contribution is -2.47. The molecular formula is C13H22N2O2. The van der Waals surface area contributed by atoms with E-state index in [1.165, 1.54) is 0 Å². The Morgan fingerprint density at radius 1 is 1.41 bits per heavy atom. The van der Waals surface area contributed by atoms with Gasteiger partial charge in [0.15, 0.2) is 5.78 Å². The van der Waals surface area contributed by atoms with Crippen LogP contribution >= 0.6 is 0 Å². The first-order valence-electron chi connectivity index (χ1n) is 6.33. The number of amides is 1. The number of carbonyl (C=O) groups is 2. The van der Waals surface area contributed by atoms with Crippen molar-refractivity contribution in [2.45, 2.75) is 39.7 Å². The molecule has 4 nitrogen and oxygen atoms in total. The van der Waals surface area contributed by atoms with Gasteiger partial charge in [0, 0.05) is 12.5 Å². The van der Waals surface area contributed by atoms with Crippen LogP contribution in [0.4, 0.5) is 0 Å². The average Bonchev–Trinajstić information content (AvgIpc) is 2.59. The summed E-state index contributed by atoms with van der Waals surface area (Å²) in [5.74, 6) is 0.593. The predicted molar refractivity (Wildman–Crippen MR) is 65.5 cm³/mol. The second-order valence-electron chi connectivity index (χ2n) is 6.09. The Balaban J connectivity index is 2.12. The van der Waals surface area contributed by atoms with E-state index >= 15 is 0 Å². The van der Waals surface area contributed by atoms with E-state index in [0.717, 1.165) is 12.8 Å². The molecular weight excluding hydrogens is 216 g/mol. The van der Waals surface area contributed by atoms with Gasteiger partial charge in [0.05, 0.1) is 12.6 Å². The summed E-state index contributed by atoms with van der Waals surface area (Å²) < 4.78 is 0. The number of rotatable bonds is 3. The first-order valence-corrected chi connectivity index (χ1v) is 6.33. The van der Waals surface area contributed by atoms with Gasteiger partial charge in [0.2, 0.25) is 5.91 Å². The molecule has 17 heavy (non-hydrogen) atoms. The van der Waals surface area contributed by atoms with Crippen LogP contribution in [0.3, 0.4) is 0 Å². The quantitative estimate of drug-likeness (QED) is 0.761. The van der Waals surface area contributed by atoms with Crippen molar-refractivity contribution in [3.8, 4) is 0 Å². The third kappa shape index (κ3) is 1.53. The maximum absolute atomic E-state index is 12.4. The minimum absolute atomic E-state index is 0.0461. The fraction of sp³-hybridized carbons (Fsp3) is 0.846. The van der Waals surface area contributed by atoms with E-state index < -0.39 is 0 Å². The minimum Gasteiger partial charge on any atom is -0.358 e. The number of hydrogen-bond acceptors (Lipinski definition) is 3. The van der Waals surface area contributed by atoms with E-state index in [0.29, 0.717) is 11.7 Å². The standard InChI is InChI=1S/C13H22N2O2/c1-12(2)8-5-6-13(12,3)11(17)10(8)15-7-9(16)14-4/h8,10,15H,5-7H2,1-4H3,(H,14,16). The van der Waals surface area contributed by atoms with Crippen LogP contribution < -0.4 is 10.6 Å². The first-order chi connectivity index (χ1) is 7.84. The zero-order chi connectivity index (χ0) is 12.8. The van der Waals surface area contributed by atoms with Crippen LogP contribution in [-0.4, -0.2) is 31.3 Å². The zero-order valence-electron chi connectivity index (χ0n) is 11.1. The molecule has 0 saturated heterocycles. The molecule has 0 heterocycles. The average molecular weight is 238 g/mol. The van der Waals surface area contributed by atoms with Gasteiger partial charge < -0.3 is 5.32 Å². The van der Waals surface area contributed by atoms with Gasteiger partial charge in [0.1, 0.15) is 0 Å². The van der Waals surface area contributed by atoms with Gasteiger partial charge in [-0.15, -0.1) is 0 Å². The summed E-state index contributed by atoms with van der Waals surface area (Å²) in [5, 5.41) is 5.70. The molecule has 0 aromatic rings. The Labute approximate surface area is 103 Å². The lowest BCUT2D eigenvalue weighted by atomic mass is 9.70. The molecule has 2 N–H and O–H groups in total. The third-order valence-electron chi connectivity index (χ3n) is 5.29. The van der Waals surface area contributed by atoms with Crippen LogP contribution in [0.1, 0.15) is 33.6 Å². The van der Waals surface area contributed by atoms with Crippen LogP contribution in [0.15, 0.2) is 0 Å². The van der Waals surface area contributed by atoms with Crippen LogP contribution in [0.25, 0.3) is 0 Å². The smallest absolute Gasteiger partial charge is 0.233 e. The summed E-state index contributed by atoms with van der Waals surface area (Å²) in [4.78, 5) is 23.6. The number of Topliss-reactive ketones (excluding diaryl/α,β-unsaturated/α-hetero) is 1. The molecule has 2 aliphatic carbocycles. The lowest BCUT2D eigenvalue weighted by Gasteiger charge is -2.32. The second-order valence-corrected chi connectivity index (χ2v) is 6.09. The van der Waals surface area contributed by atoms with Crippen molar-refractivity contribution in [1.29, 1.82) is 0 Å². The fourth-order valence-corrected chi connectivity index (χ4v) is 3.61. The molecule has 2 saturated carbocycles. The van der Waals surface area contributed by atoms with Crippen molar-refractivity contribution in [3.05, 3.63) is 0 Å². The number of hydrogen-bond donors (Lipinski definition) is 2. The van der Waals surface area contributed by atoms with E-state index in [2.05, 4.69) is 31.4 Å². The van der Waals surface area contributed by atoms with Crippen molar-refractivity contribution in [2.24, 2.45) is 16.7 Å². The maximum atomic E-state index is 12.4. The van der Waals surface area contributed by atoms with Crippen molar-refractivity contribution >= 4 is 11.7 Å². The number of ketones is 1. The summed E-state index contributed by atoms with van der Waals surface area (Å²) in [6.45, 7) is 6.68. The monoisotopic (exact) mass is 238 g/mol. The Morgan fingerprint density at radius 3 is 2.53 bits per heavy atom. The van der Waals surface area contributed by atoms with Gasteiger partial charge in [-0.1, -0.05) is 20.8 Å². The number of carbonyl (C=O) groups excluding carboxylic acids is 2. The SMILES string of the molecule is CNC(=O)CNC1C(=O)C2(C)CCC1C2(C)C. The Hall–Kier alpha value is -0.900. The molecule has 0 aromatic carbocycles. The van der Waals surface area contributed by atoms with Gasteiger partial charge >= 0.3 is 0 Å². The highest BCUT2D eigenvalue weighted by atomic mass is 16.2. The van der Waals surface area contributed by atoms with Gasteiger partial charge in [-0.2, -0.15) is 0 Å². The molecule has 0 radical (unpaired) electrons. The molecule has 4 heteroatoms. The fourth-order valence-electron chi connectivity index (χ4n) is 3.61. The van der Waals surface area contributed by atoms with Crippen molar-refractivity contribution in [3.63, 3.8) is 0 Å². The highest BCUT2D eigenvalue weighted by molar-refractivity contribution is 5.94. The molecule has 0 aromatic heterocycles. The molecule has 96 valence electrons. The topological polar surface area (TPSA) is 58.2 Å². The van der Waals surface area contributed by atoms with Gasteiger partial charge in [-0.3, -0.25) is 14.9 Å². The van der Waals surface area contributed by atoms with E-state index in [1.807, 2.05) is 0 Å². The summed E-state index contributed by atoms with van der Waals surface area (Å²) >= 11 is 0. The Morgan fingerprint density at radius 2 is 2.06 bits per heavy atom. The molecule has 0 spiro atoms. The molecule has 3 unspecified atom stereocenters. The summed E-state index contributed by atoms with van der Waals surface area (Å²) in [6, 6.07) is -0.138. The van der Waals surface area contributed by atoms with E-state index in [9.17, 15) is 9.59 Å². The van der Waals surface area contributed by atoms with E-state index in [-0.39, 0.29) is 29.3 Å². The van der Waals surface area contributed by atoms with Crippen LogP contribution in [0.2, 0.25) is 0 Å². The Kier molecular flexibility index (Phi) is 2.81. The maximum Gasteiger partial charge on any atom is 0.233 e. The van der Waals surface area contributed by atoms with Gasteiger partial charge in [-0.25, -0.2) is 0 Å². The molecule has 2 aliphatic rings. The molecule has 0 aliphatic heterocycles.